The van der Waals surface area contributed by atoms with E-state index in [0.717, 1.165) is 15.6 Å². The molecule has 0 unspecified atom stereocenters. The topological polar surface area (TPSA) is 89.2 Å². The molecule has 2 heterocycles. The van der Waals surface area contributed by atoms with Crippen LogP contribution in [-0.4, -0.2) is 32.7 Å². The molecule has 0 spiro atoms. The van der Waals surface area contributed by atoms with E-state index in [1.807, 2.05) is 24.4 Å². The Morgan fingerprint density at radius 3 is 2.67 bits per heavy atom. The second-order valence-electron chi connectivity index (χ2n) is 5.81. The fraction of sp³-hybridized carbons (Fsp3) is 0.167. The van der Waals surface area contributed by atoms with Gasteiger partial charge in [-0.2, -0.15) is 0 Å². The smallest absolute Gasteiger partial charge is 0.284 e. The van der Waals surface area contributed by atoms with Gasteiger partial charge in [-0.05, 0) is 36.8 Å². The number of benzene rings is 1. The lowest BCUT2D eigenvalue weighted by molar-refractivity contribution is -0.387. The van der Waals surface area contributed by atoms with Gasteiger partial charge in [0.15, 0.2) is 4.34 Å². The maximum Gasteiger partial charge on any atom is 0.284 e. The van der Waals surface area contributed by atoms with Gasteiger partial charge in [-0.1, -0.05) is 11.8 Å². The van der Waals surface area contributed by atoms with Gasteiger partial charge in [-0.15, -0.1) is 11.3 Å². The number of pyridine rings is 1. The molecule has 138 valence electrons. The molecule has 27 heavy (non-hydrogen) atoms. The first-order chi connectivity index (χ1) is 12.9. The van der Waals surface area contributed by atoms with Gasteiger partial charge in [-0.25, -0.2) is 4.98 Å². The number of nitro groups is 1. The molecular weight excluding hydrogens is 384 g/mol. The minimum absolute atomic E-state index is 0.101. The SMILES string of the molecule is Cc1csc(Sc2ccc(C(=O)N(C)Cc3ccncc3)cc2[N+](=O)[O-])n1. The molecule has 0 aliphatic heterocycles. The Hall–Kier alpha value is -2.78. The van der Waals surface area contributed by atoms with E-state index < -0.39 is 4.92 Å². The lowest BCUT2D eigenvalue weighted by Crippen LogP contribution is -2.26. The number of hydrogen-bond acceptors (Lipinski definition) is 7. The molecule has 1 aromatic carbocycles. The summed E-state index contributed by atoms with van der Waals surface area (Å²) < 4.78 is 0.726. The van der Waals surface area contributed by atoms with Crippen LogP contribution in [0.2, 0.25) is 0 Å². The van der Waals surface area contributed by atoms with Gasteiger partial charge >= 0.3 is 0 Å². The Kier molecular flexibility index (Phi) is 5.82. The monoisotopic (exact) mass is 400 g/mol. The van der Waals surface area contributed by atoms with E-state index >= 15 is 0 Å². The first kappa shape index (κ1) is 19.0. The van der Waals surface area contributed by atoms with E-state index in [-0.39, 0.29) is 17.2 Å². The highest BCUT2D eigenvalue weighted by molar-refractivity contribution is 8.01. The summed E-state index contributed by atoms with van der Waals surface area (Å²) in [7, 11) is 1.66. The van der Waals surface area contributed by atoms with Crippen molar-refractivity contribution >= 4 is 34.7 Å². The predicted molar refractivity (Wildman–Crippen MR) is 104 cm³/mol. The zero-order chi connectivity index (χ0) is 19.4. The van der Waals surface area contributed by atoms with Crippen LogP contribution in [0.25, 0.3) is 0 Å². The normalized spacial score (nSPS) is 10.6. The number of carbonyl (C=O) groups excluding carboxylic acids is 1. The Morgan fingerprint density at radius 2 is 2.04 bits per heavy atom. The average Bonchev–Trinajstić information content (AvgIpc) is 3.07. The van der Waals surface area contributed by atoms with E-state index in [2.05, 4.69) is 9.97 Å². The Balaban J connectivity index is 1.82. The summed E-state index contributed by atoms with van der Waals surface area (Å²) in [6.45, 7) is 2.26. The molecule has 0 aliphatic rings. The van der Waals surface area contributed by atoms with E-state index in [4.69, 9.17) is 0 Å². The Morgan fingerprint density at radius 1 is 1.30 bits per heavy atom. The van der Waals surface area contributed by atoms with Crippen LogP contribution in [0.5, 0.6) is 0 Å². The number of thiazole rings is 1. The summed E-state index contributed by atoms with van der Waals surface area (Å²) in [5, 5.41) is 13.4. The van der Waals surface area contributed by atoms with Crippen LogP contribution in [0, 0.1) is 17.0 Å². The fourth-order valence-corrected chi connectivity index (χ4v) is 4.29. The molecule has 0 atom stereocenters. The lowest BCUT2D eigenvalue weighted by Gasteiger charge is -2.17. The van der Waals surface area contributed by atoms with Gasteiger partial charge in [0, 0.05) is 48.7 Å². The highest BCUT2D eigenvalue weighted by Gasteiger charge is 2.21. The molecule has 9 heteroatoms. The molecule has 3 rings (SSSR count). The van der Waals surface area contributed by atoms with Crippen LogP contribution in [0.15, 0.2) is 57.3 Å². The summed E-state index contributed by atoms with van der Waals surface area (Å²) >= 11 is 2.66. The van der Waals surface area contributed by atoms with Crippen LogP contribution >= 0.6 is 23.1 Å². The van der Waals surface area contributed by atoms with Gasteiger partial charge in [0.1, 0.15) is 0 Å². The molecule has 0 bridgehead atoms. The maximum absolute atomic E-state index is 12.7. The van der Waals surface area contributed by atoms with Crippen molar-refractivity contribution in [1.29, 1.82) is 0 Å². The number of carbonyl (C=O) groups is 1. The summed E-state index contributed by atoms with van der Waals surface area (Å²) in [6.07, 6.45) is 3.32. The molecule has 0 saturated carbocycles. The molecule has 2 aromatic heterocycles. The van der Waals surface area contributed by atoms with Gasteiger partial charge in [0.25, 0.3) is 11.6 Å². The first-order valence-electron chi connectivity index (χ1n) is 7.97. The maximum atomic E-state index is 12.7. The minimum atomic E-state index is -0.470. The summed E-state index contributed by atoms with van der Waals surface area (Å²) in [4.78, 5) is 33.9. The molecule has 0 fully saturated rings. The summed E-state index contributed by atoms with van der Waals surface area (Å²) in [5.74, 6) is -0.281. The number of aromatic nitrogens is 2. The summed E-state index contributed by atoms with van der Waals surface area (Å²) in [6, 6.07) is 8.19. The molecule has 3 aromatic rings. The van der Waals surface area contributed by atoms with Crippen LogP contribution in [-0.2, 0) is 6.54 Å². The van der Waals surface area contributed by atoms with Gasteiger partial charge in [0.05, 0.1) is 9.82 Å². The molecule has 7 nitrogen and oxygen atoms in total. The Labute approximate surface area is 164 Å². The Bertz CT molecular complexity index is 976. The standard InChI is InChI=1S/C18H16N4O3S2/c1-12-11-26-18(20-12)27-16-4-3-14(9-15(16)22(24)25)17(23)21(2)10-13-5-7-19-8-6-13/h3-9,11H,10H2,1-2H3. The van der Waals surface area contributed by atoms with Crippen molar-refractivity contribution in [3.05, 3.63) is 75.0 Å². The van der Waals surface area contributed by atoms with Crippen molar-refractivity contribution in [2.24, 2.45) is 0 Å². The third-order valence-corrected chi connectivity index (χ3v) is 5.84. The third kappa shape index (κ3) is 4.69. The molecule has 0 N–H and O–H groups in total. The van der Waals surface area contributed by atoms with E-state index in [1.165, 1.54) is 34.1 Å². The number of aryl methyl sites for hydroxylation is 1. The number of hydrogen-bond donors (Lipinski definition) is 0. The zero-order valence-electron chi connectivity index (χ0n) is 14.7. The second-order valence-corrected chi connectivity index (χ2v) is 7.96. The minimum Gasteiger partial charge on any atom is -0.337 e. The first-order valence-corrected chi connectivity index (χ1v) is 9.66. The van der Waals surface area contributed by atoms with Crippen LogP contribution < -0.4 is 0 Å². The van der Waals surface area contributed by atoms with Crippen molar-refractivity contribution in [3.8, 4) is 0 Å². The molecule has 0 aliphatic carbocycles. The van der Waals surface area contributed by atoms with Crippen molar-refractivity contribution in [3.63, 3.8) is 0 Å². The third-order valence-electron chi connectivity index (χ3n) is 3.71. The van der Waals surface area contributed by atoms with Gasteiger partial charge in [0.2, 0.25) is 0 Å². The van der Waals surface area contributed by atoms with E-state index in [9.17, 15) is 14.9 Å². The van der Waals surface area contributed by atoms with Crippen molar-refractivity contribution in [1.82, 2.24) is 14.9 Å². The number of amides is 1. The van der Waals surface area contributed by atoms with Gasteiger partial charge < -0.3 is 4.90 Å². The van der Waals surface area contributed by atoms with Gasteiger partial charge in [-0.3, -0.25) is 19.9 Å². The zero-order valence-corrected chi connectivity index (χ0v) is 16.3. The highest BCUT2D eigenvalue weighted by Crippen LogP contribution is 2.37. The lowest BCUT2D eigenvalue weighted by atomic mass is 10.1. The van der Waals surface area contributed by atoms with Crippen LogP contribution in [0.1, 0.15) is 21.6 Å². The predicted octanol–water partition coefficient (Wildman–Crippen LogP) is 4.18. The molecule has 0 radical (unpaired) electrons. The van der Waals surface area contributed by atoms with Crippen LogP contribution in [0.3, 0.4) is 0 Å². The quantitative estimate of drug-likeness (QED) is 0.455. The average molecular weight is 400 g/mol. The number of nitro benzene ring substituents is 1. The van der Waals surface area contributed by atoms with Crippen molar-refractivity contribution in [2.45, 2.75) is 22.7 Å². The highest BCUT2D eigenvalue weighted by atomic mass is 32.2. The number of nitrogens with zero attached hydrogens (tertiary/aromatic N) is 4. The molecule has 0 saturated heterocycles. The van der Waals surface area contributed by atoms with Crippen molar-refractivity contribution in [2.75, 3.05) is 7.05 Å². The van der Waals surface area contributed by atoms with Crippen molar-refractivity contribution < 1.29 is 9.72 Å². The van der Waals surface area contributed by atoms with Crippen LogP contribution in [0.4, 0.5) is 5.69 Å². The number of rotatable bonds is 6. The summed E-state index contributed by atoms with van der Waals surface area (Å²) in [5.41, 5.74) is 1.98. The van der Waals surface area contributed by atoms with E-state index in [1.54, 1.807) is 31.6 Å². The molecular formula is C18H16N4O3S2. The second kappa shape index (κ2) is 8.28. The largest absolute Gasteiger partial charge is 0.337 e. The van der Waals surface area contributed by atoms with E-state index in [0.29, 0.717) is 11.4 Å². The molecule has 1 amide bonds. The fourth-order valence-electron chi connectivity index (χ4n) is 2.41.